The van der Waals surface area contributed by atoms with Crippen LogP contribution in [0.1, 0.15) is 24.8 Å². The number of hydrogen-bond donors (Lipinski definition) is 0. The SMILES string of the molecule is O=C(Cl)C1(c2ccccc2Br)CCC1. The molecule has 74 valence electrons. The molecule has 1 aliphatic rings. The highest BCUT2D eigenvalue weighted by Gasteiger charge is 2.45. The molecule has 0 saturated heterocycles. The lowest BCUT2D eigenvalue weighted by atomic mass is 9.65. The molecule has 0 radical (unpaired) electrons. The van der Waals surface area contributed by atoms with Gasteiger partial charge in [-0.2, -0.15) is 0 Å². The zero-order chi connectivity index (χ0) is 10.2. The topological polar surface area (TPSA) is 17.1 Å². The van der Waals surface area contributed by atoms with Crippen molar-refractivity contribution in [1.82, 2.24) is 0 Å². The molecule has 1 aromatic carbocycles. The minimum Gasteiger partial charge on any atom is -0.280 e. The summed E-state index contributed by atoms with van der Waals surface area (Å²) in [6.45, 7) is 0. The Labute approximate surface area is 96.6 Å². The van der Waals surface area contributed by atoms with Crippen LogP contribution in [0.5, 0.6) is 0 Å². The van der Waals surface area contributed by atoms with Gasteiger partial charge in [0.05, 0.1) is 5.41 Å². The summed E-state index contributed by atoms with van der Waals surface area (Å²) in [6.07, 6.45) is 2.83. The predicted molar refractivity (Wildman–Crippen MR) is 60.5 cm³/mol. The van der Waals surface area contributed by atoms with E-state index in [9.17, 15) is 4.79 Å². The Hall–Kier alpha value is -0.340. The normalized spacial score (nSPS) is 18.7. The van der Waals surface area contributed by atoms with Crippen molar-refractivity contribution in [3.8, 4) is 0 Å². The van der Waals surface area contributed by atoms with E-state index >= 15 is 0 Å². The third kappa shape index (κ3) is 1.41. The van der Waals surface area contributed by atoms with Crippen molar-refractivity contribution in [2.45, 2.75) is 24.7 Å². The summed E-state index contributed by atoms with van der Waals surface area (Å²) >= 11 is 9.15. The largest absolute Gasteiger partial charge is 0.280 e. The number of benzene rings is 1. The van der Waals surface area contributed by atoms with Gasteiger partial charge < -0.3 is 0 Å². The van der Waals surface area contributed by atoms with E-state index in [-0.39, 0.29) is 5.24 Å². The molecule has 2 rings (SSSR count). The second-order valence-electron chi connectivity index (χ2n) is 3.69. The van der Waals surface area contributed by atoms with E-state index in [1.54, 1.807) is 0 Å². The maximum atomic E-state index is 11.4. The van der Waals surface area contributed by atoms with Crippen LogP contribution in [0.15, 0.2) is 28.7 Å². The first-order valence-electron chi connectivity index (χ1n) is 4.62. The molecule has 0 spiro atoms. The van der Waals surface area contributed by atoms with E-state index in [0.29, 0.717) is 0 Å². The molecule has 0 bridgehead atoms. The summed E-state index contributed by atoms with van der Waals surface area (Å²) < 4.78 is 0.980. The maximum Gasteiger partial charge on any atom is 0.232 e. The van der Waals surface area contributed by atoms with Crippen LogP contribution in [-0.4, -0.2) is 5.24 Å². The lowest BCUT2D eigenvalue weighted by Gasteiger charge is -2.39. The molecule has 0 unspecified atom stereocenters. The highest BCUT2D eigenvalue weighted by atomic mass is 79.9. The van der Waals surface area contributed by atoms with E-state index in [1.165, 1.54) is 0 Å². The quantitative estimate of drug-likeness (QED) is 0.752. The Morgan fingerprint density at radius 2 is 2.00 bits per heavy atom. The summed E-state index contributed by atoms with van der Waals surface area (Å²) in [5.41, 5.74) is 0.619. The Balaban J connectivity index is 2.47. The smallest absolute Gasteiger partial charge is 0.232 e. The lowest BCUT2D eigenvalue weighted by molar-refractivity contribution is -0.119. The fraction of sp³-hybridized carbons (Fsp3) is 0.364. The summed E-state index contributed by atoms with van der Waals surface area (Å²) in [6, 6.07) is 7.82. The molecule has 0 aliphatic heterocycles. The Morgan fingerprint density at radius 1 is 1.36 bits per heavy atom. The van der Waals surface area contributed by atoms with Crippen LogP contribution in [0, 0.1) is 0 Å². The minimum absolute atomic E-state index is 0.226. The van der Waals surface area contributed by atoms with Gasteiger partial charge in [0.1, 0.15) is 0 Å². The summed E-state index contributed by atoms with van der Waals surface area (Å²) in [5, 5.41) is -0.226. The van der Waals surface area contributed by atoms with Gasteiger partial charge in [0.15, 0.2) is 0 Å². The van der Waals surface area contributed by atoms with Crippen molar-refractivity contribution in [3.63, 3.8) is 0 Å². The average Bonchev–Trinajstić information content (AvgIpc) is 2.05. The van der Waals surface area contributed by atoms with Gasteiger partial charge in [-0.05, 0) is 36.1 Å². The first-order chi connectivity index (χ1) is 6.67. The van der Waals surface area contributed by atoms with Gasteiger partial charge in [-0.25, -0.2) is 0 Å². The van der Waals surface area contributed by atoms with Crippen LogP contribution in [0.3, 0.4) is 0 Å². The van der Waals surface area contributed by atoms with Gasteiger partial charge in [-0.15, -0.1) is 0 Å². The van der Waals surface area contributed by atoms with Crippen LogP contribution in [0.2, 0.25) is 0 Å². The number of halogens is 2. The molecule has 1 fully saturated rings. The molecular weight excluding hydrogens is 263 g/mol. The van der Waals surface area contributed by atoms with Crippen molar-refractivity contribution in [1.29, 1.82) is 0 Å². The number of carbonyl (C=O) groups excluding carboxylic acids is 1. The van der Waals surface area contributed by atoms with Gasteiger partial charge >= 0.3 is 0 Å². The monoisotopic (exact) mass is 272 g/mol. The highest BCUT2D eigenvalue weighted by Crippen LogP contribution is 2.47. The molecular formula is C11H10BrClO. The average molecular weight is 274 g/mol. The van der Waals surface area contributed by atoms with Gasteiger partial charge in [0.2, 0.25) is 5.24 Å². The number of rotatable bonds is 2. The molecule has 1 aliphatic carbocycles. The van der Waals surface area contributed by atoms with Crippen LogP contribution >= 0.6 is 27.5 Å². The molecule has 1 saturated carbocycles. The zero-order valence-corrected chi connectivity index (χ0v) is 9.94. The Bertz CT molecular complexity index is 371. The molecule has 0 N–H and O–H groups in total. The van der Waals surface area contributed by atoms with Gasteiger partial charge in [0, 0.05) is 4.47 Å². The van der Waals surface area contributed by atoms with Crippen LogP contribution in [-0.2, 0) is 10.2 Å². The molecule has 1 aromatic rings. The molecule has 3 heteroatoms. The third-order valence-corrected chi connectivity index (χ3v) is 4.03. The predicted octanol–water partition coefficient (Wildman–Crippen LogP) is 3.64. The summed E-state index contributed by atoms with van der Waals surface area (Å²) in [7, 11) is 0. The lowest BCUT2D eigenvalue weighted by Crippen LogP contribution is -2.40. The van der Waals surface area contributed by atoms with Crippen LogP contribution in [0.4, 0.5) is 0 Å². The summed E-state index contributed by atoms with van der Waals surface area (Å²) in [5.74, 6) is 0. The van der Waals surface area contributed by atoms with Crippen molar-refractivity contribution in [2.24, 2.45) is 0 Å². The maximum absolute atomic E-state index is 11.4. The van der Waals surface area contributed by atoms with Crippen molar-refractivity contribution >= 4 is 32.8 Å². The first-order valence-corrected chi connectivity index (χ1v) is 5.79. The fourth-order valence-corrected chi connectivity index (χ4v) is 2.91. The van der Waals surface area contributed by atoms with Crippen molar-refractivity contribution < 1.29 is 4.79 Å². The molecule has 0 heterocycles. The standard InChI is InChI=1S/C11H10BrClO/c12-9-5-2-1-4-8(9)11(10(13)14)6-3-7-11/h1-2,4-5H,3,6-7H2. The Kier molecular flexibility index (Phi) is 2.67. The second kappa shape index (κ2) is 3.67. The molecule has 14 heavy (non-hydrogen) atoms. The van der Waals surface area contributed by atoms with Crippen molar-refractivity contribution in [3.05, 3.63) is 34.3 Å². The molecule has 1 nitrogen and oxygen atoms in total. The van der Waals surface area contributed by atoms with E-state index < -0.39 is 5.41 Å². The van der Waals surface area contributed by atoms with Gasteiger partial charge in [-0.3, -0.25) is 4.79 Å². The van der Waals surface area contributed by atoms with E-state index in [2.05, 4.69) is 15.9 Å². The Morgan fingerprint density at radius 3 is 2.43 bits per heavy atom. The highest BCUT2D eigenvalue weighted by molar-refractivity contribution is 9.10. The van der Waals surface area contributed by atoms with Gasteiger partial charge in [-0.1, -0.05) is 40.5 Å². The van der Waals surface area contributed by atoms with E-state index in [1.807, 2.05) is 24.3 Å². The second-order valence-corrected chi connectivity index (χ2v) is 4.89. The van der Waals surface area contributed by atoms with E-state index in [4.69, 9.17) is 11.6 Å². The fourth-order valence-electron chi connectivity index (χ4n) is 1.95. The first kappa shape index (κ1) is 10.2. The molecule has 0 amide bonds. The van der Waals surface area contributed by atoms with E-state index in [0.717, 1.165) is 29.3 Å². The van der Waals surface area contributed by atoms with Gasteiger partial charge in [0.25, 0.3) is 0 Å². The third-order valence-electron chi connectivity index (χ3n) is 2.97. The zero-order valence-electron chi connectivity index (χ0n) is 7.59. The number of hydrogen-bond acceptors (Lipinski definition) is 1. The molecule has 0 aromatic heterocycles. The summed E-state index contributed by atoms with van der Waals surface area (Å²) in [4.78, 5) is 11.4. The number of carbonyl (C=O) groups is 1. The van der Waals surface area contributed by atoms with Crippen LogP contribution < -0.4 is 0 Å². The van der Waals surface area contributed by atoms with Crippen molar-refractivity contribution in [2.75, 3.05) is 0 Å². The van der Waals surface area contributed by atoms with Crippen LogP contribution in [0.25, 0.3) is 0 Å². The molecule has 0 atom stereocenters. The minimum atomic E-state index is -0.415.